The van der Waals surface area contributed by atoms with E-state index in [2.05, 4.69) is 26.1 Å². The van der Waals surface area contributed by atoms with Crippen LogP contribution in [0.4, 0.5) is 28.8 Å². The summed E-state index contributed by atoms with van der Waals surface area (Å²) in [5, 5.41) is 20.5. The molecule has 2 amide bonds. The van der Waals surface area contributed by atoms with Gasteiger partial charge in [-0.25, -0.2) is 4.79 Å². The zero-order valence-electron chi connectivity index (χ0n) is 18.0. The van der Waals surface area contributed by atoms with Gasteiger partial charge >= 0.3 is 12.2 Å². The lowest BCUT2D eigenvalue weighted by atomic mass is 10.1. The fourth-order valence-corrected chi connectivity index (χ4v) is 4.09. The second kappa shape index (κ2) is 10.1. The predicted octanol–water partition coefficient (Wildman–Crippen LogP) is 3.42. The molecule has 0 saturated heterocycles. The van der Waals surface area contributed by atoms with Gasteiger partial charge in [-0.2, -0.15) is 13.2 Å². The maximum atomic E-state index is 12.3. The van der Waals surface area contributed by atoms with E-state index in [1.54, 1.807) is 30.6 Å². The summed E-state index contributed by atoms with van der Waals surface area (Å²) in [4.78, 5) is 13.8. The number of allylic oxidation sites excluding steroid dienone is 2. The van der Waals surface area contributed by atoms with Crippen LogP contribution < -0.4 is 21.3 Å². The van der Waals surface area contributed by atoms with Gasteiger partial charge in [-0.3, -0.25) is 0 Å². The number of nitrogens with one attached hydrogen (secondary N) is 4. The maximum Gasteiger partial charge on any atom is 0.405 e. The van der Waals surface area contributed by atoms with E-state index in [4.69, 9.17) is 4.74 Å². The van der Waals surface area contributed by atoms with Gasteiger partial charge in [0.05, 0.1) is 12.3 Å². The van der Waals surface area contributed by atoms with Gasteiger partial charge in [0.25, 0.3) is 0 Å². The molecular formula is C21H22F3N7O2S. The van der Waals surface area contributed by atoms with Crippen molar-refractivity contribution in [2.24, 2.45) is 0 Å². The summed E-state index contributed by atoms with van der Waals surface area (Å²) < 4.78 is 41.9. The third-order valence-electron chi connectivity index (χ3n) is 4.84. The summed E-state index contributed by atoms with van der Waals surface area (Å²) in [5.74, 6) is 0. The molecule has 2 aromatic rings. The van der Waals surface area contributed by atoms with Crippen molar-refractivity contribution in [3.63, 3.8) is 0 Å². The van der Waals surface area contributed by atoms with Gasteiger partial charge in [0.2, 0.25) is 5.13 Å². The van der Waals surface area contributed by atoms with Crippen LogP contribution in [0, 0.1) is 0 Å². The average molecular weight is 494 g/mol. The monoisotopic (exact) mass is 493 g/mol. The first kappa shape index (κ1) is 23.6. The maximum absolute atomic E-state index is 12.3. The lowest BCUT2D eigenvalue weighted by Gasteiger charge is -2.27. The second-order valence-corrected chi connectivity index (χ2v) is 8.30. The molecule has 1 aromatic heterocycles. The number of fused-ring (bicyclic) bond motifs is 1. The number of hydrogen-bond donors (Lipinski definition) is 4. The van der Waals surface area contributed by atoms with E-state index in [0.717, 1.165) is 21.8 Å². The van der Waals surface area contributed by atoms with E-state index in [-0.39, 0.29) is 6.17 Å². The Morgan fingerprint density at radius 2 is 2.18 bits per heavy atom. The summed E-state index contributed by atoms with van der Waals surface area (Å²) in [7, 11) is 1.63. The van der Waals surface area contributed by atoms with Crippen molar-refractivity contribution >= 4 is 39.5 Å². The number of benzene rings is 1. The second-order valence-electron chi connectivity index (χ2n) is 7.32. The van der Waals surface area contributed by atoms with Crippen LogP contribution >= 0.6 is 11.3 Å². The summed E-state index contributed by atoms with van der Waals surface area (Å²) in [6.45, 7) is -0.188. The molecule has 4 N–H and O–H groups in total. The lowest BCUT2D eigenvalue weighted by molar-refractivity contribution is -0.122. The molecule has 2 aliphatic heterocycles. The van der Waals surface area contributed by atoms with Gasteiger partial charge in [0.15, 0.2) is 0 Å². The third kappa shape index (κ3) is 5.85. The zero-order chi connectivity index (χ0) is 24.1. The fraction of sp³-hybridized carbons (Fsp3) is 0.286. The summed E-state index contributed by atoms with van der Waals surface area (Å²) in [6, 6.07) is 5.94. The van der Waals surface area contributed by atoms with E-state index >= 15 is 0 Å². The van der Waals surface area contributed by atoms with E-state index in [1.807, 2.05) is 35.5 Å². The smallest absolute Gasteiger partial charge is 0.383 e. The molecule has 1 aromatic carbocycles. The average Bonchev–Trinajstić information content (AvgIpc) is 3.44. The van der Waals surface area contributed by atoms with Crippen LogP contribution in [-0.4, -0.2) is 60.3 Å². The number of rotatable bonds is 8. The number of alkyl halides is 3. The number of halogens is 3. The number of methoxy groups -OCH3 is 1. The highest BCUT2D eigenvalue weighted by molar-refractivity contribution is 7.16. The number of hydrogen-bond acceptors (Lipinski definition) is 8. The Hall–Kier alpha value is -3.58. The van der Waals surface area contributed by atoms with Crippen LogP contribution in [0.25, 0.3) is 11.3 Å². The third-order valence-corrected chi connectivity index (χ3v) is 5.77. The summed E-state index contributed by atoms with van der Waals surface area (Å²) in [5.41, 5.74) is 2.93. The molecule has 4 rings (SSSR count). The summed E-state index contributed by atoms with van der Waals surface area (Å²) >= 11 is 1.45. The first-order chi connectivity index (χ1) is 16.3. The van der Waals surface area contributed by atoms with Crippen molar-refractivity contribution in [3.05, 3.63) is 59.4 Å². The fourth-order valence-electron chi connectivity index (χ4n) is 3.32. The molecule has 1 atom stereocenters. The zero-order valence-corrected chi connectivity index (χ0v) is 18.8. The van der Waals surface area contributed by atoms with Gasteiger partial charge in [0, 0.05) is 42.9 Å². The lowest BCUT2D eigenvalue weighted by Crippen LogP contribution is -2.36. The number of ether oxygens (including phenoxy) is 1. The Labute approximate surface area is 197 Å². The number of aromatic nitrogens is 2. The van der Waals surface area contributed by atoms with Gasteiger partial charge in [-0.05, 0) is 24.3 Å². The first-order valence-corrected chi connectivity index (χ1v) is 11.1. The van der Waals surface area contributed by atoms with Crippen LogP contribution in [0.15, 0.2) is 48.8 Å². The molecule has 0 aliphatic carbocycles. The highest BCUT2D eigenvalue weighted by Crippen LogP contribution is 2.33. The molecule has 0 spiro atoms. The van der Waals surface area contributed by atoms with E-state index in [9.17, 15) is 18.0 Å². The molecule has 9 nitrogen and oxygen atoms in total. The Morgan fingerprint density at radius 3 is 2.97 bits per heavy atom. The van der Waals surface area contributed by atoms with Crippen molar-refractivity contribution in [2.75, 3.05) is 37.4 Å². The molecular weight excluding hydrogens is 471 g/mol. The van der Waals surface area contributed by atoms with Crippen LogP contribution in [-0.2, 0) is 4.74 Å². The SMILES string of the molecule is COCCNc1nnc(C2=CC3NC=C(c4cccc(NC(=O)NCC(F)(F)F)c4)N3C=C2)s1. The van der Waals surface area contributed by atoms with Crippen molar-refractivity contribution in [1.82, 2.24) is 25.7 Å². The molecule has 0 fully saturated rings. The van der Waals surface area contributed by atoms with Gasteiger partial charge in [0.1, 0.15) is 17.7 Å². The van der Waals surface area contributed by atoms with Crippen LogP contribution in [0.3, 0.4) is 0 Å². The normalized spacial score (nSPS) is 16.9. The molecule has 0 bridgehead atoms. The number of nitrogens with zero attached hydrogens (tertiary/aromatic N) is 3. The topological polar surface area (TPSA) is 103 Å². The van der Waals surface area contributed by atoms with Gasteiger partial charge < -0.3 is 30.9 Å². The minimum atomic E-state index is -4.47. The highest BCUT2D eigenvalue weighted by atomic mass is 32.1. The Bertz CT molecular complexity index is 1130. The molecule has 3 heterocycles. The molecule has 2 aliphatic rings. The van der Waals surface area contributed by atoms with E-state index < -0.39 is 18.8 Å². The molecule has 0 saturated carbocycles. The highest BCUT2D eigenvalue weighted by Gasteiger charge is 2.28. The number of anilines is 2. The standard InChI is InChI=1S/C21H22F3N7O2S/c1-33-8-6-25-20-30-29-18(34-20)14-5-7-31-16(11-26-17(31)10-14)13-3-2-4-15(9-13)28-19(32)27-12-21(22,23)24/h2-5,7,9-11,17,26H,6,8,12H2,1H3,(H,25,30)(H2,27,28,32). The van der Waals surface area contributed by atoms with Gasteiger partial charge in [-0.1, -0.05) is 23.5 Å². The molecule has 180 valence electrons. The van der Waals surface area contributed by atoms with E-state index in [0.29, 0.717) is 24.0 Å². The number of urea groups is 1. The Kier molecular flexibility index (Phi) is 7.03. The van der Waals surface area contributed by atoms with Crippen LogP contribution in [0.1, 0.15) is 10.6 Å². The Balaban J connectivity index is 1.39. The number of carbonyl (C=O) groups is 1. The van der Waals surface area contributed by atoms with Crippen LogP contribution in [0.5, 0.6) is 0 Å². The molecule has 1 unspecified atom stereocenters. The quantitative estimate of drug-likeness (QED) is 0.418. The van der Waals surface area contributed by atoms with Crippen LogP contribution in [0.2, 0.25) is 0 Å². The van der Waals surface area contributed by atoms with Crippen molar-refractivity contribution < 1.29 is 22.7 Å². The van der Waals surface area contributed by atoms with Crippen molar-refractivity contribution in [3.8, 4) is 0 Å². The number of amides is 2. The minimum Gasteiger partial charge on any atom is -0.383 e. The number of carbonyl (C=O) groups excluding carboxylic acids is 1. The predicted molar refractivity (Wildman–Crippen MR) is 124 cm³/mol. The van der Waals surface area contributed by atoms with Gasteiger partial charge in [-0.15, -0.1) is 10.2 Å². The van der Waals surface area contributed by atoms with Crippen molar-refractivity contribution in [2.45, 2.75) is 12.3 Å². The van der Waals surface area contributed by atoms with Crippen molar-refractivity contribution in [1.29, 1.82) is 0 Å². The summed E-state index contributed by atoms with van der Waals surface area (Å²) in [6.07, 6.45) is 3.10. The molecule has 34 heavy (non-hydrogen) atoms. The Morgan fingerprint density at radius 1 is 1.32 bits per heavy atom. The van der Waals surface area contributed by atoms with E-state index in [1.165, 1.54) is 11.3 Å². The molecule has 0 radical (unpaired) electrons. The minimum absolute atomic E-state index is 0.143. The molecule has 13 heteroatoms. The largest absolute Gasteiger partial charge is 0.405 e. The first-order valence-electron chi connectivity index (χ1n) is 10.3.